The zero-order valence-corrected chi connectivity index (χ0v) is 13.6. The van der Waals surface area contributed by atoms with Crippen molar-refractivity contribution in [1.82, 2.24) is 4.90 Å². The van der Waals surface area contributed by atoms with Crippen LogP contribution < -0.4 is 9.47 Å². The van der Waals surface area contributed by atoms with Crippen molar-refractivity contribution in [1.29, 1.82) is 0 Å². The summed E-state index contributed by atoms with van der Waals surface area (Å²) >= 11 is 0. The Bertz CT molecular complexity index is 557. The maximum atomic E-state index is 12.2. The Balaban J connectivity index is 1.44. The van der Waals surface area contributed by atoms with Crippen LogP contribution in [0.25, 0.3) is 0 Å². The van der Waals surface area contributed by atoms with Crippen LogP contribution in [0.3, 0.4) is 0 Å². The molecule has 1 aromatic carbocycles. The van der Waals surface area contributed by atoms with Gasteiger partial charge in [0.25, 0.3) is 0 Å². The van der Waals surface area contributed by atoms with E-state index in [1.807, 2.05) is 18.2 Å². The highest BCUT2D eigenvalue weighted by molar-refractivity contribution is 5.44. The van der Waals surface area contributed by atoms with Gasteiger partial charge in [0.15, 0.2) is 11.5 Å². The third kappa shape index (κ3) is 4.77. The highest BCUT2D eigenvalue weighted by Gasteiger charge is 2.35. The standard InChI is InChI=1S/C17H22F3NO3/c1-12(8-13-2-3-15-16(9-13)23-11-22-15)10-21-6-4-14(5-7-21)24-17(18,19)20/h2-3,9,12,14H,4-8,10-11H2,1H3. The third-order valence-corrected chi connectivity index (χ3v) is 4.43. The minimum Gasteiger partial charge on any atom is -0.454 e. The normalized spacial score (nSPS) is 20.3. The number of hydrogen-bond acceptors (Lipinski definition) is 4. The van der Waals surface area contributed by atoms with E-state index < -0.39 is 12.5 Å². The zero-order valence-electron chi connectivity index (χ0n) is 13.6. The molecule has 1 unspecified atom stereocenters. The highest BCUT2D eigenvalue weighted by atomic mass is 19.4. The number of alkyl halides is 3. The first-order valence-corrected chi connectivity index (χ1v) is 8.24. The Morgan fingerprint density at radius 1 is 1.21 bits per heavy atom. The van der Waals surface area contributed by atoms with Gasteiger partial charge in [-0.2, -0.15) is 0 Å². The van der Waals surface area contributed by atoms with Crippen molar-refractivity contribution in [3.63, 3.8) is 0 Å². The lowest BCUT2D eigenvalue weighted by Gasteiger charge is -2.33. The lowest BCUT2D eigenvalue weighted by molar-refractivity contribution is -0.345. The summed E-state index contributed by atoms with van der Waals surface area (Å²) in [6.07, 6.45) is -3.48. The van der Waals surface area contributed by atoms with Crippen molar-refractivity contribution in [3.8, 4) is 11.5 Å². The minimum absolute atomic E-state index is 0.267. The molecule has 0 bridgehead atoms. The van der Waals surface area contributed by atoms with Gasteiger partial charge in [-0.25, -0.2) is 0 Å². The molecule has 1 fully saturated rings. The molecule has 7 heteroatoms. The second-order valence-corrected chi connectivity index (χ2v) is 6.56. The Morgan fingerprint density at radius 2 is 1.92 bits per heavy atom. The fourth-order valence-electron chi connectivity index (χ4n) is 3.37. The van der Waals surface area contributed by atoms with Crippen LogP contribution in [0.2, 0.25) is 0 Å². The van der Waals surface area contributed by atoms with Crippen molar-refractivity contribution >= 4 is 0 Å². The number of rotatable bonds is 5. The van der Waals surface area contributed by atoms with Crippen LogP contribution in [0.15, 0.2) is 18.2 Å². The molecule has 1 aromatic rings. The van der Waals surface area contributed by atoms with Gasteiger partial charge in [-0.3, -0.25) is 4.74 Å². The SMILES string of the molecule is CC(Cc1ccc2c(c1)OCO2)CN1CCC(OC(F)(F)F)CC1. The van der Waals surface area contributed by atoms with Crippen LogP contribution in [0.1, 0.15) is 25.3 Å². The van der Waals surface area contributed by atoms with Gasteiger partial charge in [0.2, 0.25) is 6.79 Å². The third-order valence-electron chi connectivity index (χ3n) is 4.43. The average molecular weight is 345 g/mol. The summed E-state index contributed by atoms with van der Waals surface area (Å²) in [6.45, 7) is 4.58. The summed E-state index contributed by atoms with van der Waals surface area (Å²) in [4.78, 5) is 2.22. The molecule has 1 saturated heterocycles. The van der Waals surface area contributed by atoms with Gasteiger partial charge in [0.05, 0.1) is 6.10 Å². The molecule has 3 rings (SSSR count). The molecule has 0 N–H and O–H groups in total. The number of piperidine rings is 1. The van der Waals surface area contributed by atoms with Gasteiger partial charge in [0.1, 0.15) is 0 Å². The highest BCUT2D eigenvalue weighted by Crippen LogP contribution is 2.33. The number of benzene rings is 1. The first kappa shape index (κ1) is 17.4. The smallest absolute Gasteiger partial charge is 0.454 e. The van der Waals surface area contributed by atoms with Gasteiger partial charge in [0, 0.05) is 19.6 Å². The number of halogens is 3. The monoisotopic (exact) mass is 345 g/mol. The number of fused-ring (bicyclic) bond motifs is 1. The molecule has 2 heterocycles. The van der Waals surface area contributed by atoms with Crippen molar-refractivity contribution in [2.24, 2.45) is 5.92 Å². The van der Waals surface area contributed by atoms with Crippen LogP contribution in [0, 0.1) is 5.92 Å². The van der Waals surface area contributed by atoms with E-state index in [1.165, 1.54) is 5.56 Å². The summed E-state index contributed by atoms with van der Waals surface area (Å²) < 4.78 is 51.5. The first-order valence-electron chi connectivity index (χ1n) is 8.24. The molecule has 0 spiro atoms. The van der Waals surface area contributed by atoms with Gasteiger partial charge < -0.3 is 14.4 Å². The fourth-order valence-corrected chi connectivity index (χ4v) is 3.37. The molecular formula is C17H22F3NO3. The maximum absolute atomic E-state index is 12.2. The lowest BCUT2D eigenvalue weighted by atomic mass is 9.98. The molecule has 134 valence electrons. The van der Waals surface area contributed by atoms with Gasteiger partial charge in [-0.05, 0) is 42.9 Å². The van der Waals surface area contributed by atoms with E-state index in [-0.39, 0.29) is 6.79 Å². The quantitative estimate of drug-likeness (QED) is 0.816. The predicted octanol–water partition coefficient (Wildman–Crippen LogP) is 3.59. The summed E-state index contributed by atoms with van der Waals surface area (Å²) in [5.41, 5.74) is 1.18. The van der Waals surface area contributed by atoms with E-state index >= 15 is 0 Å². The van der Waals surface area contributed by atoms with E-state index in [0.29, 0.717) is 31.8 Å². The molecule has 24 heavy (non-hydrogen) atoms. The molecule has 2 aliphatic rings. The zero-order chi connectivity index (χ0) is 17.2. The Hall–Kier alpha value is -1.47. The summed E-state index contributed by atoms with van der Waals surface area (Å²) in [6, 6.07) is 5.96. The molecule has 2 aliphatic heterocycles. The molecule has 0 aliphatic carbocycles. The van der Waals surface area contributed by atoms with E-state index in [4.69, 9.17) is 9.47 Å². The Morgan fingerprint density at radius 3 is 2.62 bits per heavy atom. The Kier molecular flexibility index (Phi) is 5.20. The number of nitrogens with zero attached hydrogens (tertiary/aromatic N) is 1. The van der Waals surface area contributed by atoms with Crippen LogP contribution in [0.5, 0.6) is 11.5 Å². The van der Waals surface area contributed by atoms with Crippen LogP contribution >= 0.6 is 0 Å². The maximum Gasteiger partial charge on any atom is 0.522 e. The summed E-state index contributed by atoms with van der Waals surface area (Å²) in [5.74, 6) is 1.97. The van der Waals surface area contributed by atoms with E-state index in [9.17, 15) is 13.2 Å². The minimum atomic E-state index is -4.53. The number of hydrogen-bond donors (Lipinski definition) is 0. The van der Waals surface area contributed by atoms with Gasteiger partial charge in [-0.15, -0.1) is 13.2 Å². The van der Waals surface area contributed by atoms with E-state index in [1.54, 1.807) is 0 Å². The van der Waals surface area contributed by atoms with Crippen molar-refractivity contribution in [3.05, 3.63) is 23.8 Å². The second-order valence-electron chi connectivity index (χ2n) is 6.56. The molecule has 0 radical (unpaired) electrons. The summed E-state index contributed by atoms with van der Waals surface area (Å²) in [7, 11) is 0. The molecular weight excluding hydrogens is 323 g/mol. The first-order chi connectivity index (χ1) is 11.4. The molecule has 1 atom stereocenters. The number of ether oxygens (including phenoxy) is 3. The average Bonchev–Trinajstić information content (AvgIpc) is 2.95. The van der Waals surface area contributed by atoms with Crippen LogP contribution in [-0.4, -0.2) is 43.8 Å². The molecule has 0 aromatic heterocycles. The number of likely N-dealkylation sites (tertiary alicyclic amines) is 1. The Labute approximate surface area is 139 Å². The van der Waals surface area contributed by atoms with Crippen molar-refractivity contribution < 1.29 is 27.4 Å². The van der Waals surface area contributed by atoms with Crippen molar-refractivity contribution in [2.45, 2.75) is 38.7 Å². The van der Waals surface area contributed by atoms with Crippen LogP contribution in [-0.2, 0) is 11.2 Å². The largest absolute Gasteiger partial charge is 0.522 e. The summed E-state index contributed by atoms with van der Waals surface area (Å²) in [5, 5.41) is 0. The van der Waals surface area contributed by atoms with Crippen molar-refractivity contribution in [2.75, 3.05) is 26.4 Å². The predicted molar refractivity (Wildman–Crippen MR) is 82.0 cm³/mol. The molecule has 0 saturated carbocycles. The molecule has 0 amide bonds. The lowest BCUT2D eigenvalue weighted by Crippen LogP contribution is -2.41. The van der Waals surface area contributed by atoms with Gasteiger partial charge in [-0.1, -0.05) is 13.0 Å². The van der Waals surface area contributed by atoms with Gasteiger partial charge >= 0.3 is 6.36 Å². The second kappa shape index (κ2) is 7.19. The van der Waals surface area contributed by atoms with Crippen LogP contribution in [0.4, 0.5) is 13.2 Å². The van der Waals surface area contributed by atoms with E-state index in [0.717, 1.165) is 24.5 Å². The fraction of sp³-hybridized carbons (Fsp3) is 0.647. The van der Waals surface area contributed by atoms with E-state index in [2.05, 4.69) is 16.6 Å². The topological polar surface area (TPSA) is 30.9 Å². The molecule has 4 nitrogen and oxygen atoms in total.